The standard InChI is InChI=1S/C19H27NO4/c1-3-4-5-6-7-11-14-16(19(23)24-2)20-18(22)17(21)15-12-9-8-10-13-15/h3,8-10,12-13,16-17,21H,1,4-7,11,14H2,2H3,(H,20,22)/t16-,17+/m1/s1. The van der Waals surface area contributed by atoms with Gasteiger partial charge in [0.05, 0.1) is 7.11 Å². The smallest absolute Gasteiger partial charge is 0.328 e. The molecule has 2 N–H and O–H groups in total. The van der Waals surface area contributed by atoms with Gasteiger partial charge < -0.3 is 15.2 Å². The van der Waals surface area contributed by atoms with E-state index in [0.717, 1.165) is 32.1 Å². The van der Waals surface area contributed by atoms with Gasteiger partial charge in [-0.1, -0.05) is 55.7 Å². The van der Waals surface area contributed by atoms with Crippen LogP contribution in [0.15, 0.2) is 43.0 Å². The highest BCUT2D eigenvalue weighted by Gasteiger charge is 2.25. The first-order valence-electron chi connectivity index (χ1n) is 8.32. The molecule has 0 saturated heterocycles. The van der Waals surface area contributed by atoms with Gasteiger partial charge in [-0.2, -0.15) is 0 Å². The summed E-state index contributed by atoms with van der Waals surface area (Å²) in [6, 6.07) is 7.88. The molecule has 0 fully saturated rings. The molecule has 2 atom stereocenters. The van der Waals surface area contributed by atoms with E-state index in [2.05, 4.69) is 11.9 Å². The highest BCUT2D eigenvalue weighted by molar-refractivity contribution is 5.87. The molecule has 0 aliphatic rings. The minimum absolute atomic E-state index is 0.489. The molecule has 24 heavy (non-hydrogen) atoms. The number of rotatable bonds is 11. The van der Waals surface area contributed by atoms with E-state index < -0.39 is 24.0 Å². The Morgan fingerprint density at radius 2 is 1.88 bits per heavy atom. The Bertz CT molecular complexity index is 515. The minimum Gasteiger partial charge on any atom is -0.467 e. The second kappa shape index (κ2) is 11.4. The van der Waals surface area contributed by atoms with Crippen LogP contribution in [0, 0.1) is 0 Å². The van der Waals surface area contributed by atoms with E-state index in [9.17, 15) is 14.7 Å². The Morgan fingerprint density at radius 3 is 2.50 bits per heavy atom. The second-order valence-electron chi connectivity index (χ2n) is 5.68. The lowest BCUT2D eigenvalue weighted by Crippen LogP contribution is -2.43. The summed E-state index contributed by atoms with van der Waals surface area (Å²) in [7, 11) is 1.29. The zero-order valence-electron chi connectivity index (χ0n) is 14.2. The predicted octanol–water partition coefficient (Wildman–Crippen LogP) is 2.90. The molecule has 0 heterocycles. The Hall–Kier alpha value is -2.14. The maximum atomic E-state index is 12.2. The summed E-state index contributed by atoms with van der Waals surface area (Å²) >= 11 is 0. The van der Waals surface area contributed by atoms with E-state index in [4.69, 9.17) is 4.74 Å². The van der Waals surface area contributed by atoms with Crippen LogP contribution < -0.4 is 5.32 Å². The van der Waals surface area contributed by atoms with Crippen LogP contribution in [0.2, 0.25) is 0 Å². The van der Waals surface area contributed by atoms with Crippen molar-refractivity contribution in [1.82, 2.24) is 5.32 Å². The fourth-order valence-electron chi connectivity index (χ4n) is 2.42. The summed E-state index contributed by atoms with van der Waals surface area (Å²) in [5.41, 5.74) is 0.489. The number of hydrogen-bond acceptors (Lipinski definition) is 4. The monoisotopic (exact) mass is 333 g/mol. The van der Waals surface area contributed by atoms with E-state index in [1.54, 1.807) is 30.3 Å². The third kappa shape index (κ3) is 6.96. The molecule has 1 rings (SSSR count). The Labute approximate surface area is 143 Å². The van der Waals surface area contributed by atoms with Crippen molar-refractivity contribution in [2.75, 3.05) is 7.11 Å². The third-order valence-electron chi connectivity index (χ3n) is 3.82. The number of aliphatic hydroxyl groups is 1. The van der Waals surface area contributed by atoms with Crippen LogP contribution in [0.3, 0.4) is 0 Å². The molecule has 0 radical (unpaired) electrons. The molecular weight excluding hydrogens is 306 g/mol. The maximum Gasteiger partial charge on any atom is 0.328 e. The van der Waals surface area contributed by atoms with E-state index in [0.29, 0.717) is 12.0 Å². The molecule has 1 amide bonds. The molecule has 5 heteroatoms. The number of ether oxygens (including phenoxy) is 1. The van der Waals surface area contributed by atoms with Crippen LogP contribution in [0.25, 0.3) is 0 Å². The normalized spacial score (nSPS) is 12.9. The van der Waals surface area contributed by atoms with Crippen LogP contribution in [0.4, 0.5) is 0 Å². The van der Waals surface area contributed by atoms with E-state index in [-0.39, 0.29) is 0 Å². The fourth-order valence-corrected chi connectivity index (χ4v) is 2.42. The first-order chi connectivity index (χ1) is 11.6. The van der Waals surface area contributed by atoms with Gasteiger partial charge in [-0.15, -0.1) is 6.58 Å². The van der Waals surface area contributed by atoms with Crippen LogP contribution in [-0.4, -0.2) is 30.1 Å². The zero-order valence-corrected chi connectivity index (χ0v) is 14.2. The van der Waals surface area contributed by atoms with Crippen molar-refractivity contribution >= 4 is 11.9 Å². The molecule has 0 bridgehead atoms. The fraction of sp³-hybridized carbons (Fsp3) is 0.474. The van der Waals surface area contributed by atoms with Gasteiger partial charge in [0.2, 0.25) is 0 Å². The summed E-state index contributed by atoms with van der Waals surface area (Å²) in [5, 5.41) is 12.7. The number of amides is 1. The molecule has 1 aromatic rings. The SMILES string of the molecule is C=CCCCCCC[C@@H](NC(=O)[C@@H](O)c1ccccc1)C(=O)OC. The van der Waals surface area contributed by atoms with E-state index >= 15 is 0 Å². The summed E-state index contributed by atoms with van der Waals surface area (Å²) in [6.45, 7) is 3.68. The van der Waals surface area contributed by atoms with Gasteiger partial charge in [-0.25, -0.2) is 4.79 Å². The number of carbonyl (C=O) groups excluding carboxylic acids is 2. The molecule has 0 spiro atoms. The third-order valence-corrected chi connectivity index (χ3v) is 3.82. The summed E-state index contributed by atoms with van der Waals surface area (Å²) < 4.78 is 4.75. The number of methoxy groups -OCH3 is 1. The number of aliphatic hydroxyl groups excluding tert-OH is 1. The lowest BCUT2D eigenvalue weighted by atomic mass is 10.0. The van der Waals surface area contributed by atoms with Gasteiger partial charge in [0.25, 0.3) is 5.91 Å². The maximum absolute atomic E-state index is 12.2. The van der Waals surface area contributed by atoms with Gasteiger partial charge in [0.15, 0.2) is 6.10 Å². The number of esters is 1. The van der Waals surface area contributed by atoms with E-state index in [1.807, 2.05) is 6.08 Å². The van der Waals surface area contributed by atoms with Crippen molar-refractivity contribution in [3.05, 3.63) is 48.6 Å². The molecule has 0 saturated carbocycles. The number of nitrogens with one attached hydrogen (secondary N) is 1. The first-order valence-corrected chi connectivity index (χ1v) is 8.32. The largest absolute Gasteiger partial charge is 0.467 e. The lowest BCUT2D eigenvalue weighted by Gasteiger charge is -2.19. The van der Waals surface area contributed by atoms with Gasteiger partial charge in [-0.05, 0) is 24.8 Å². The predicted molar refractivity (Wildman–Crippen MR) is 93.2 cm³/mol. The number of benzene rings is 1. The molecule has 0 aliphatic heterocycles. The molecular formula is C19H27NO4. The lowest BCUT2D eigenvalue weighted by molar-refractivity contribution is -0.146. The summed E-state index contributed by atoms with van der Waals surface area (Å²) in [6.07, 6.45) is 5.98. The van der Waals surface area contributed by atoms with Crippen molar-refractivity contribution in [1.29, 1.82) is 0 Å². The Balaban J connectivity index is 2.51. The average molecular weight is 333 g/mol. The summed E-state index contributed by atoms with van der Waals surface area (Å²) in [4.78, 5) is 24.0. The summed E-state index contributed by atoms with van der Waals surface area (Å²) in [5.74, 6) is -1.09. The Morgan fingerprint density at radius 1 is 1.21 bits per heavy atom. The first kappa shape index (κ1) is 19.9. The topological polar surface area (TPSA) is 75.6 Å². The highest BCUT2D eigenvalue weighted by atomic mass is 16.5. The van der Waals surface area contributed by atoms with Crippen LogP contribution in [-0.2, 0) is 14.3 Å². The number of hydrogen-bond donors (Lipinski definition) is 2. The van der Waals surface area contributed by atoms with Crippen LogP contribution in [0.5, 0.6) is 0 Å². The zero-order chi connectivity index (χ0) is 17.8. The second-order valence-corrected chi connectivity index (χ2v) is 5.68. The number of carbonyl (C=O) groups is 2. The van der Waals surface area contributed by atoms with Gasteiger partial charge in [-0.3, -0.25) is 4.79 Å². The Kier molecular flexibility index (Phi) is 9.46. The van der Waals surface area contributed by atoms with Crippen molar-refractivity contribution < 1.29 is 19.4 Å². The highest BCUT2D eigenvalue weighted by Crippen LogP contribution is 2.14. The molecule has 1 aromatic carbocycles. The molecule has 0 aliphatic carbocycles. The molecule has 5 nitrogen and oxygen atoms in total. The van der Waals surface area contributed by atoms with Gasteiger partial charge in [0.1, 0.15) is 6.04 Å². The molecule has 132 valence electrons. The number of allylic oxidation sites excluding steroid dienone is 1. The van der Waals surface area contributed by atoms with Crippen molar-refractivity contribution in [2.45, 2.75) is 50.7 Å². The van der Waals surface area contributed by atoms with E-state index in [1.165, 1.54) is 7.11 Å². The van der Waals surface area contributed by atoms with Crippen LogP contribution >= 0.6 is 0 Å². The molecule has 0 unspecified atom stereocenters. The van der Waals surface area contributed by atoms with Gasteiger partial charge in [0, 0.05) is 0 Å². The van der Waals surface area contributed by atoms with Crippen molar-refractivity contribution in [2.24, 2.45) is 0 Å². The molecule has 0 aromatic heterocycles. The van der Waals surface area contributed by atoms with Crippen LogP contribution in [0.1, 0.15) is 50.2 Å². The quantitative estimate of drug-likeness (QED) is 0.371. The average Bonchev–Trinajstić information content (AvgIpc) is 2.62. The van der Waals surface area contributed by atoms with Gasteiger partial charge >= 0.3 is 5.97 Å². The number of unbranched alkanes of at least 4 members (excludes halogenated alkanes) is 4. The van der Waals surface area contributed by atoms with Crippen molar-refractivity contribution in [3.63, 3.8) is 0 Å². The van der Waals surface area contributed by atoms with Crippen molar-refractivity contribution in [3.8, 4) is 0 Å². The minimum atomic E-state index is -1.30.